The van der Waals surface area contributed by atoms with Gasteiger partial charge in [-0.15, -0.1) is 0 Å². The molecule has 0 aromatic carbocycles. The summed E-state index contributed by atoms with van der Waals surface area (Å²) in [6.07, 6.45) is 20.6. The molecule has 2 fully saturated rings. The minimum Gasteiger partial charge on any atom is -0.0806 e. The molecule has 0 heteroatoms. The molecule has 2 saturated carbocycles. The summed E-state index contributed by atoms with van der Waals surface area (Å²) in [6.45, 7) is 4.84. The van der Waals surface area contributed by atoms with Gasteiger partial charge >= 0.3 is 0 Å². The number of hydrogen-bond donors (Lipinski definition) is 0. The van der Waals surface area contributed by atoms with Crippen molar-refractivity contribution in [3.63, 3.8) is 0 Å². The van der Waals surface area contributed by atoms with Gasteiger partial charge in [-0.2, -0.15) is 0 Å². The van der Waals surface area contributed by atoms with Crippen LogP contribution < -0.4 is 0 Å². The third kappa shape index (κ3) is 3.38. The summed E-state index contributed by atoms with van der Waals surface area (Å²) in [5.41, 5.74) is 1.68. The molecule has 1 unspecified atom stereocenters. The molecule has 0 aromatic heterocycles. The van der Waals surface area contributed by atoms with E-state index in [2.05, 4.69) is 32.1 Å². The van der Waals surface area contributed by atoms with Crippen LogP contribution in [-0.4, -0.2) is 0 Å². The second kappa shape index (κ2) is 6.50. The Morgan fingerprint density at radius 3 is 1.95 bits per heavy atom. The normalized spacial score (nSPS) is 42.3. The third-order valence-electron chi connectivity index (χ3n) is 6.31. The molecule has 0 radical (unpaired) electrons. The van der Waals surface area contributed by atoms with Crippen molar-refractivity contribution >= 4 is 0 Å². The van der Waals surface area contributed by atoms with Gasteiger partial charge in [0.05, 0.1) is 0 Å². The van der Waals surface area contributed by atoms with E-state index in [1.54, 1.807) is 5.57 Å². The zero-order valence-electron chi connectivity index (χ0n) is 13.5. The maximum atomic E-state index is 2.60. The van der Waals surface area contributed by atoms with E-state index in [9.17, 15) is 0 Å². The largest absolute Gasteiger partial charge is 0.0806 e. The standard InChI is InChI=1S/C20H32/c1-15-3-7-17(8-4-15)19-11-13-20(14-12-19)18-9-5-16(2)6-10-18/h11-13,15-18,20H,3-10,14H2,1-2H3. The molecule has 0 N–H and O–H groups in total. The average molecular weight is 272 g/mol. The van der Waals surface area contributed by atoms with Gasteiger partial charge in [0.2, 0.25) is 0 Å². The maximum Gasteiger partial charge on any atom is -0.0165 e. The van der Waals surface area contributed by atoms with Gasteiger partial charge in [-0.3, -0.25) is 0 Å². The van der Waals surface area contributed by atoms with Crippen LogP contribution in [0.5, 0.6) is 0 Å². The van der Waals surface area contributed by atoms with E-state index in [1.165, 1.54) is 57.8 Å². The lowest BCUT2D eigenvalue weighted by Gasteiger charge is -2.34. The molecule has 3 aliphatic rings. The van der Waals surface area contributed by atoms with Crippen LogP contribution in [-0.2, 0) is 0 Å². The maximum absolute atomic E-state index is 2.60. The van der Waals surface area contributed by atoms with E-state index in [0.717, 1.165) is 29.6 Å². The highest BCUT2D eigenvalue weighted by atomic mass is 14.3. The predicted molar refractivity (Wildman–Crippen MR) is 87.6 cm³/mol. The lowest BCUT2D eigenvalue weighted by molar-refractivity contribution is 0.238. The summed E-state index contributed by atoms with van der Waals surface area (Å²) < 4.78 is 0. The molecule has 20 heavy (non-hydrogen) atoms. The van der Waals surface area contributed by atoms with E-state index in [0.29, 0.717) is 0 Å². The lowest BCUT2D eigenvalue weighted by atomic mass is 9.72. The highest BCUT2D eigenvalue weighted by Crippen LogP contribution is 2.40. The van der Waals surface area contributed by atoms with Crippen LogP contribution in [0.25, 0.3) is 0 Å². The van der Waals surface area contributed by atoms with Crippen LogP contribution in [0.4, 0.5) is 0 Å². The van der Waals surface area contributed by atoms with Crippen LogP contribution in [0.3, 0.4) is 0 Å². The van der Waals surface area contributed by atoms with E-state index in [-0.39, 0.29) is 0 Å². The Morgan fingerprint density at radius 1 is 0.800 bits per heavy atom. The fraction of sp³-hybridized carbons (Fsp3) is 0.800. The smallest absolute Gasteiger partial charge is 0.0165 e. The first-order valence-electron chi connectivity index (χ1n) is 9.10. The monoisotopic (exact) mass is 272 g/mol. The summed E-state index contributed by atoms with van der Waals surface area (Å²) in [5.74, 6) is 4.67. The van der Waals surface area contributed by atoms with Gasteiger partial charge in [0, 0.05) is 0 Å². The summed E-state index contributed by atoms with van der Waals surface area (Å²) in [7, 11) is 0. The summed E-state index contributed by atoms with van der Waals surface area (Å²) in [6, 6.07) is 0. The molecular weight excluding hydrogens is 240 g/mol. The fourth-order valence-corrected chi connectivity index (χ4v) is 4.61. The van der Waals surface area contributed by atoms with E-state index in [4.69, 9.17) is 0 Å². The van der Waals surface area contributed by atoms with Crippen LogP contribution in [0.1, 0.15) is 71.6 Å². The molecule has 0 bridgehead atoms. The van der Waals surface area contributed by atoms with Gasteiger partial charge in [-0.1, -0.05) is 57.8 Å². The highest BCUT2D eigenvalue weighted by Gasteiger charge is 2.27. The first-order valence-corrected chi connectivity index (χ1v) is 9.10. The Labute approximate surface area is 125 Å². The Kier molecular flexibility index (Phi) is 4.68. The Balaban J connectivity index is 1.52. The second-order valence-electron chi connectivity index (χ2n) is 7.94. The van der Waals surface area contributed by atoms with Crippen LogP contribution in [0, 0.1) is 29.6 Å². The van der Waals surface area contributed by atoms with Crippen molar-refractivity contribution in [2.24, 2.45) is 29.6 Å². The van der Waals surface area contributed by atoms with Gasteiger partial charge in [-0.05, 0) is 67.3 Å². The number of hydrogen-bond acceptors (Lipinski definition) is 0. The summed E-state index contributed by atoms with van der Waals surface area (Å²) in [4.78, 5) is 0. The molecule has 0 aliphatic heterocycles. The lowest BCUT2D eigenvalue weighted by Crippen LogP contribution is -2.21. The van der Waals surface area contributed by atoms with Gasteiger partial charge < -0.3 is 0 Å². The van der Waals surface area contributed by atoms with Crippen molar-refractivity contribution in [3.8, 4) is 0 Å². The molecule has 3 rings (SSSR count). The van der Waals surface area contributed by atoms with E-state index in [1.807, 2.05) is 0 Å². The average Bonchev–Trinajstić information content (AvgIpc) is 2.49. The number of allylic oxidation sites excluding steroid dienone is 4. The van der Waals surface area contributed by atoms with Gasteiger partial charge in [0.25, 0.3) is 0 Å². The Hall–Kier alpha value is -0.520. The Bertz CT molecular complexity index is 359. The minimum atomic E-state index is 0.855. The van der Waals surface area contributed by atoms with Crippen LogP contribution in [0.15, 0.2) is 23.8 Å². The summed E-state index contributed by atoms with van der Waals surface area (Å²) >= 11 is 0. The molecule has 112 valence electrons. The van der Waals surface area contributed by atoms with Crippen LogP contribution >= 0.6 is 0 Å². The van der Waals surface area contributed by atoms with Crippen molar-refractivity contribution in [2.45, 2.75) is 71.6 Å². The molecule has 0 heterocycles. The third-order valence-corrected chi connectivity index (χ3v) is 6.31. The molecule has 1 atom stereocenters. The molecular formula is C20H32. The predicted octanol–water partition coefficient (Wildman–Crippen LogP) is 6.14. The van der Waals surface area contributed by atoms with E-state index < -0.39 is 0 Å². The first-order chi connectivity index (χ1) is 9.72. The molecule has 0 saturated heterocycles. The van der Waals surface area contributed by atoms with Crippen molar-refractivity contribution < 1.29 is 0 Å². The summed E-state index contributed by atoms with van der Waals surface area (Å²) in [5, 5.41) is 0. The van der Waals surface area contributed by atoms with E-state index >= 15 is 0 Å². The molecule has 0 amide bonds. The quantitative estimate of drug-likeness (QED) is 0.566. The molecule has 3 aliphatic carbocycles. The van der Waals surface area contributed by atoms with Crippen molar-refractivity contribution in [1.82, 2.24) is 0 Å². The molecule has 0 spiro atoms. The van der Waals surface area contributed by atoms with Crippen LogP contribution in [0.2, 0.25) is 0 Å². The van der Waals surface area contributed by atoms with Crippen molar-refractivity contribution in [3.05, 3.63) is 23.8 Å². The van der Waals surface area contributed by atoms with Crippen molar-refractivity contribution in [1.29, 1.82) is 0 Å². The second-order valence-corrected chi connectivity index (χ2v) is 7.94. The zero-order valence-corrected chi connectivity index (χ0v) is 13.5. The van der Waals surface area contributed by atoms with Gasteiger partial charge in [0.15, 0.2) is 0 Å². The number of rotatable bonds is 2. The fourth-order valence-electron chi connectivity index (χ4n) is 4.61. The Morgan fingerprint density at radius 2 is 1.40 bits per heavy atom. The molecule has 0 aromatic rings. The van der Waals surface area contributed by atoms with Gasteiger partial charge in [0.1, 0.15) is 0 Å². The van der Waals surface area contributed by atoms with Crippen molar-refractivity contribution in [2.75, 3.05) is 0 Å². The highest BCUT2D eigenvalue weighted by molar-refractivity contribution is 5.27. The first kappa shape index (κ1) is 14.4. The zero-order chi connectivity index (χ0) is 13.9. The molecule has 0 nitrogen and oxygen atoms in total. The SMILES string of the molecule is CC1CCC(C2=CCC(C3CCC(C)CC3)C=C2)CC1. The topological polar surface area (TPSA) is 0 Å². The minimum absolute atomic E-state index is 0.855. The van der Waals surface area contributed by atoms with Gasteiger partial charge in [-0.25, -0.2) is 0 Å².